The summed E-state index contributed by atoms with van der Waals surface area (Å²) in [5.74, 6) is 0.802. The van der Waals surface area contributed by atoms with Crippen molar-refractivity contribution < 1.29 is 4.74 Å². The number of piperidine rings is 1. The molecule has 2 aliphatic heterocycles. The van der Waals surface area contributed by atoms with Crippen molar-refractivity contribution >= 4 is 33.6 Å². The monoisotopic (exact) mass is 494 g/mol. The van der Waals surface area contributed by atoms with E-state index in [-0.39, 0.29) is 0 Å². The van der Waals surface area contributed by atoms with Gasteiger partial charge in [0.25, 0.3) is 0 Å². The van der Waals surface area contributed by atoms with Crippen molar-refractivity contribution in [2.24, 2.45) is 0 Å². The molecular formula is C30H30N4OS. The van der Waals surface area contributed by atoms with E-state index in [1.807, 2.05) is 18.2 Å². The number of hydrogen-bond donors (Lipinski definition) is 1. The minimum Gasteiger partial charge on any atom is -0.497 e. The zero-order valence-corrected chi connectivity index (χ0v) is 21.3. The number of benzene rings is 3. The third kappa shape index (κ3) is 4.55. The minimum atomic E-state index is 0.524. The van der Waals surface area contributed by atoms with Crippen LogP contribution in [0.5, 0.6) is 5.75 Å². The second kappa shape index (κ2) is 10.1. The lowest BCUT2D eigenvalue weighted by Crippen LogP contribution is -2.48. The minimum absolute atomic E-state index is 0.524. The van der Waals surface area contributed by atoms with E-state index in [4.69, 9.17) is 4.74 Å². The van der Waals surface area contributed by atoms with Crippen LogP contribution < -0.4 is 9.46 Å². The lowest BCUT2D eigenvalue weighted by molar-refractivity contribution is 0.126. The van der Waals surface area contributed by atoms with E-state index in [0.29, 0.717) is 23.7 Å². The molecule has 5 nitrogen and oxygen atoms in total. The summed E-state index contributed by atoms with van der Waals surface area (Å²) in [7, 11) is 1.68. The van der Waals surface area contributed by atoms with Crippen LogP contribution in [0.15, 0.2) is 71.8 Å². The summed E-state index contributed by atoms with van der Waals surface area (Å²) < 4.78 is 9.22. The van der Waals surface area contributed by atoms with Gasteiger partial charge in [-0.1, -0.05) is 30.3 Å². The summed E-state index contributed by atoms with van der Waals surface area (Å²) in [6.07, 6.45) is 7.45. The van der Waals surface area contributed by atoms with E-state index >= 15 is 0 Å². The number of aromatic nitrogens is 1. The maximum Gasteiger partial charge on any atom is 0.119 e. The van der Waals surface area contributed by atoms with Crippen molar-refractivity contribution in [3.05, 3.63) is 78.0 Å². The van der Waals surface area contributed by atoms with Gasteiger partial charge in [0.1, 0.15) is 11.8 Å². The molecule has 6 rings (SSSR count). The number of methoxy groups -OCH3 is 1. The Bertz CT molecular complexity index is 1430. The van der Waals surface area contributed by atoms with E-state index < -0.39 is 0 Å². The van der Waals surface area contributed by atoms with Crippen LogP contribution in [-0.4, -0.2) is 41.7 Å². The highest BCUT2D eigenvalue weighted by Gasteiger charge is 2.40. The molecule has 2 bridgehead atoms. The van der Waals surface area contributed by atoms with Gasteiger partial charge in [-0.2, -0.15) is 5.26 Å². The number of nitrogens with one attached hydrogen (secondary N) is 1. The van der Waals surface area contributed by atoms with Crippen molar-refractivity contribution in [3.8, 4) is 11.8 Å². The molecule has 1 N–H and O–H groups in total. The van der Waals surface area contributed by atoms with Gasteiger partial charge in [0.2, 0.25) is 0 Å². The first-order valence-electron chi connectivity index (χ1n) is 12.7. The number of hydrogen-bond acceptors (Lipinski definition) is 6. The van der Waals surface area contributed by atoms with E-state index in [2.05, 4.69) is 63.1 Å². The molecule has 2 atom stereocenters. The van der Waals surface area contributed by atoms with Crippen LogP contribution in [-0.2, 0) is 6.42 Å². The lowest BCUT2D eigenvalue weighted by Gasteiger charge is -2.39. The van der Waals surface area contributed by atoms with E-state index in [0.717, 1.165) is 35.2 Å². The fraction of sp³-hybridized carbons (Fsp3) is 0.333. The Morgan fingerprint density at radius 3 is 2.64 bits per heavy atom. The standard InChI is InChI=1S/C30H30N4OS/c1-35-26-9-11-30-29(17-26)28(22(18-31)19-32-30)12-13-34-24-7-8-25(34)16-23(15-24)33-36-27-10-6-20-4-2-3-5-21(20)14-27/h2-6,9-11,14,17,19,23-25,33H,7-8,12-13,15-16H2,1H3. The Hall–Kier alpha value is -3.11. The molecule has 36 heavy (non-hydrogen) atoms. The Kier molecular flexibility index (Phi) is 6.54. The van der Waals surface area contributed by atoms with Crippen LogP contribution in [0.1, 0.15) is 36.8 Å². The average molecular weight is 495 g/mol. The van der Waals surface area contributed by atoms with Gasteiger partial charge in [-0.15, -0.1) is 0 Å². The van der Waals surface area contributed by atoms with Gasteiger partial charge >= 0.3 is 0 Å². The van der Waals surface area contributed by atoms with Crippen LogP contribution in [0.2, 0.25) is 0 Å². The molecule has 3 heterocycles. The Labute approximate surface area is 216 Å². The number of fused-ring (bicyclic) bond motifs is 4. The van der Waals surface area contributed by atoms with Gasteiger partial charge in [0, 0.05) is 41.1 Å². The van der Waals surface area contributed by atoms with Crippen LogP contribution in [0.3, 0.4) is 0 Å². The molecule has 0 saturated carbocycles. The van der Waals surface area contributed by atoms with Crippen LogP contribution in [0.4, 0.5) is 0 Å². The molecule has 3 aromatic carbocycles. The molecule has 0 radical (unpaired) electrons. The first kappa shape index (κ1) is 23.3. The van der Waals surface area contributed by atoms with E-state index in [1.54, 1.807) is 25.3 Å². The zero-order valence-electron chi connectivity index (χ0n) is 20.5. The highest BCUT2D eigenvalue weighted by atomic mass is 32.2. The van der Waals surface area contributed by atoms with Gasteiger partial charge in [0.15, 0.2) is 0 Å². The van der Waals surface area contributed by atoms with Crippen molar-refractivity contribution in [1.29, 1.82) is 5.26 Å². The largest absolute Gasteiger partial charge is 0.497 e. The SMILES string of the molecule is COc1ccc2ncc(C#N)c(CCN3C4CCC3CC(NSc3ccc5ccccc5c3)C4)c2c1. The zero-order chi connectivity index (χ0) is 24.5. The third-order valence-corrected chi connectivity index (χ3v) is 8.82. The lowest BCUT2D eigenvalue weighted by atomic mass is 9.96. The van der Waals surface area contributed by atoms with Crippen LogP contribution in [0.25, 0.3) is 21.7 Å². The fourth-order valence-electron chi connectivity index (χ4n) is 6.08. The van der Waals surface area contributed by atoms with E-state index in [1.165, 1.54) is 41.4 Å². The first-order chi connectivity index (χ1) is 17.7. The van der Waals surface area contributed by atoms with Crippen molar-refractivity contribution in [1.82, 2.24) is 14.6 Å². The molecule has 2 unspecified atom stereocenters. The quantitative estimate of drug-likeness (QED) is 0.313. The van der Waals surface area contributed by atoms with Crippen molar-refractivity contribution in [3.63, 3.8) is 0 Å². The summed E-state index contributed by atoms with van der Waals surface area (Å²) >= 11 is 1.77. The van der Waals surface area contributed by atoms with Gasteiger partial charge in [-0.3, -0.25) is 14.6 Å². The molecule has 6 heteroatoms. The maximum absolute atomic E-state index is 9.76. The average Bonchev–Trinajstić information content (AvgIpc) is 3.16. The van der Waals surface area contributed by atoms with Crippen molar-refractivity contribution in [2.75, 3.05) is 13.7 Å². The predicted molar refractivity (Wildman–Crippen MR) is 146 cm³/mol. The smallest absolute Gasteiger partial charge is 0.119 e. The summed E-state index contributed by atoms with van der Waals surface area (Å²) in [5.41, 5.74) is 2.68. The number of rotatable bonds is 7. The molecule has 0 aliphatic carbocycles. The van der Waals surface area contributed by atoms with E-state index in [9.17, 15) is 5.26 Å². The highest BCUT2D eigenvalue weighted by molar-refractivity contribution is 7.97. The van der Waals surface area contributed by atoms with Crippen molar-refractivity contribution in [2.45, 2.75) is 55.1 Å². The molecular weight excluding hydrogens is 464 g/mol. The topological polar surface area (TPSA) is 61.2 Å². The predicted octanol–water partition coefficient (Wildman–Crippen LogP) is 6.10. The van der Waals surface area contributed by atoms with Crippen LogP contribution >= 0.6 is 11.9 Å². The molecule has 182 valence electrons. The van der Waals surface area contributed by atoms with Gasteiger partial charge in [-0.25, -0.2) is 0 Å². The third-order valence-electron chi connectivity index (χ3n) is 7.88. The molecule has 0 spiro atoms. The Morgan fingerprint density at radius 1 is 1.06 bits per heavy atom. The molecule has 1 aromatic heterocycles. The summed E-state index contributed by atoms with van der Waals surface area (Å²) in [6, 6.07) is 25.3. The molecule has 2 fully saturated rings. The Morgan fingerprint density at radius 2 is 1.86 bits per heavy atom. The summed E-state index contributed by atoms with van der Waals surface area (Å²) in [5, 5.41) is 13.4. The number of nitriles is 1. The summed E-state index contributed by atoms with van der Waals surface area (Å²) in [6.45, 7) is 0.977. The van der Waals surface area contributed by atoms with Gasteiger partial charge < -0.3 is 4.74 Å². The van der Waals surface area contributed by atoms with Gasteiger partial charge in [-0.05, 0) is 90.7 Å². The first-order valence-corrected chi connectivity index (χ1v) is 13.6. The maximum atomic E-state index is 9.76. The van der Waals surface area contributed by atoms with Gasteiger partial charge in [0.05, 0.1) is 18.2 Å². The molecule has 4 aromatic rings. The molecule has 2 aliphatic rings. The number of ether oxygens (including phenoxy) is 1. The Balaban J connectivity index is 1.12. The molecule has 2 saturated heterocycles. The van der Waals surface area contributed by atoms with Crippen LogP contribution in [0, 0.1) is 11.3 Å². The molecule has 0 amide bonds. The second-order valence-electron chi connectivity index (χ2n) is 9.92. The number of pyridine rings is 1. The highest BCUT2D eigenvalue weighted by Crippen LogP contribution is 2.37. The second-order valence-corrected chi connectivity index (χ2v) is 10.8. The number of nitrogens with zero attached hydrogens (tertiary/aromatic N) is 3. The fourth-order valence-corrected chi connectivity index (χ4v) is 6.90. The summed E-state index contributed by atoms with van der Waals surface area (Å²) in [4.78, 5) is 8.47. The normalized spacial score (nSPS) is 21.6.